The lowest BCUT2D eigenvalue weighted by atomic mass is 9.82. The van der Waals surface area contributed by atoms with Gasteiger partial charge in [0.1, 0.15) is 0 Å². The number of hydrogen-bond donors (Lipinski definition) is 1. The molecule has 0 aromatic rings. The number of hydrogen-bond acceptors (Lipinski definition) is 2. The molecular formula is C15H23NO3. The highest BCUT2D eigenvalue weighted by molar-refractivity contribution is 5.86. The molecule has 0 aromatic heterocycles. The van der Waals surface area contributed by atoms with Crippen LogP contribution >= 0.6 is 0 Å². The zero-order valence-electron chi connectivity index (χ0n) is 11.7. The van der Waals surface area contributed by atoms with Gasteiger partial charge in [-0.3, -0.25) is 9.59 Å². The van der Waals surface area contributed by atoms with Gasteiger partial charge in [-0.15, -0.1) is 0 Å². The van der Waals surface area contributed by atoms with E-state index in [4.69, 9.17) is 0 Å². The molecule has 19 heavy (non-hydrogen) atoms. The summed E-state index contributed by atoms with van der Waals surface area (Å²) in [6, 6.07) is 0. The number of carboxylic acids is 1. The van der Waals surface area contributed by atoms with Gasteiger partial charge in [-0.2, -0.15) is 0 Å². The maximum atomic E-state index is 12.5. The van der Waals surface area contributed by atoms with E-state index >= 15 is 0 Å². The van der Waals surface area contributed by atoms with Crippen molar-refractivity contribution in [2.45, 2.75) is 32.6 Å². The molecule has 0 spiro atoms. The van der Waals surface area contributed by atoms with Gasteiger partial charge >= 0.3 is 5.97 Å². The van der Waals surface area contributed by atoms with Crippen LogP contribution < -0.4 is 0 Å². The zero-order chi connectivity index (χ0) is 14.0. The van der Waals surface area contributed by atoms with Crippen molar-refractivity contribution in [1.29, 1.82) is 0 Å². The van der Waals surface area contributed by atoms with Crippen LogP contribution in [0.15, 0.2) is 12.2 Å². The number of fused-ring (bicyclic) bond motifs is 2. The lowest BCUT2D eigenvalue weighted by Gasteiger charge is -2.28. The summed E-state index contributed by atoms with van der Waals surface area (Å²) < 4.78 is 0. The number of allylic oxidation sites excluding steroid dienone is 2. The van der Waals surface area contributed by atoms with E-state index in [1.807, 2.05) is 12.2 Å². The van der Waals surface area contributed by atoms with E-state index in [1.54, 1.807) is 11.9 Å². The normalized spacial score (nSPS) is 31.7. The van der Waals surface area contributed by atoms with E-state index in [9.17, 15) is 14.7 Å². The topological polar surface area (TPSA) is 57.6 Å². The molecule has 4 atom stereocenters. The van der Waals surface area contributed by atoms with Gasteiger partial charge in [-0.05, 0) is 24.7 Å². The van der Waals surface area contributed by atoms with E-state index < -0.39 is 11.9 Å². The van der Waals surface area contributed by atoms with Crippen molar-refractivity contribution in [3.8, 4) is 0 Å². The highest BCUT2D eigenvalue weighted by Crippen LogP contribution is 2.48. The first-order valence-corrected chi connectivity index (χ1v) is 7.22. The molecule has 2 bridgehead atoms. The Bertz CT molecular complexity index is 391. The fourth-order valence-electron chi connectivity index (χ4n) is 3.46. The van der Waals surface area contributed by atoms with E-state index in [-0.39, 0.29) is 23.7 Å². The Balaban J connectivity index is 2.01. The molecule has 0 aromatic carbocycles. The quantitative estimate of drug-likeness (QED) is 0.591. The predicted molar refractivity (Wildman–Crippen MR) is 72.5 cm³/mol. The van der Waals surface area contributed by atoms with Crippen LogP contribution in [0.3, 0.4) is 0 Å². The van der Waals surface area contributed by atoms with Gasteiger partial charge in [0, 0.05) is 13.6 Å². The minimum Gasteiger partial charge on any atom is -0.481 e. The molecule has 4 heteroatoms. The van der Waals surface area contributed by atoms with Crippen LogP contribution in [-0.4, -0.2) is 35.5 Å². The van der Waals surface area contributed by atoms with E-state index in [0.717, 1.165) is 32.2 Å². The summed E-state index contributed by atoms with van der Waals surface area (Å²) in [6.07, 6.45) is 8.06. The lowest BCUT2D eigenvalue weighted by Crippen LogP contribution is -2.41. The molecular weight excluding hydrogens is 242 g/mol. The molecule has 2 aliphatic carbocycles. The van der Waals surface area contributed by atoms with Crippen molar-refractivity contribution < 1.29 is 14.7 Å². The third-order valence-corrected chi connectivity index (χ3v) is 4.50. The highest BCUT2D eigenvalue weighted by atomic mass is 16.4. The average molecular weight is 265 g/mol. The van der Waals surface area contributed by atoms with Gasteiger partial charge in [-0.1, -0.05) is 31.9 Å². The van der Waals surface area contributed by atoms with Crippen molar-refractivity contribution in [3.63, 3.8) is 0 Å². The lowest BCUT2D eigenvalue weighted by molar-refractivity contribution is -0.150. The van der Waals surface area contributed by atoms with Gasteiger partial charge in [0.2, 0.25) is 5.91 Å². The minimum absolute atomic E-state index is 0.0142. The number of carboxylic acid groups (broad SMARTS) is 1. The Morgan fingerprint density at radius 1 is 1.21 bits per heavy atom. The first-order valence-electron chi connectivity index (χ1n) is 7.22. The second kappa shape index (κ2) is 5.76. The van der Waals surface area contributed by atoms with Crippen LogP contribution in [0.5, 0.6) is 0 Å². The van der Waals surface area contributed by atoms with Gasteiger partial charge in [0.15, 0.2) is 0 Å². The van der Waals surface area contributed by atoms with Crippen LogP contribution in [0.2, 0.25) is 0 Å². The molecule has 0 heterocycles. The molecule has 4 unspecified atom stereocenters. The van der Waals surface area contributed by atoms with Crippen molar-refractivity contribution in [2.24, 2.45) is 23.7 Å². The molecule has 0 aliphatic heterocycles. The highest BCUT2D eigenvalue weighted by Gasteiger charge is 2.52. The monoisotopic (exact) mass is 265 g/mol. The van der Waals surface area contributed by atoms with E-state index in [2.05, 4.69) is 6.92 Å². The van der Waals surface area contributed by atoms with E-state index in [1.165, 1.54) is 0 Å². The number of unbranched alkanes of at least 4 members (excludes halogenated alkanes) is 2. The molecule has 0 radical (unpaired) electrons. The second-order valence-corrected chi connectivity index (χ2v) is 5.81. The third kappa shape index (κ3) is 2.67. The van der Waals surface area contributed by atoms with Crippen LogP contribution in [0.4, 0.5) is 0 Å². The summed E-state index contributed by atoms with van der Waals surface area (Å²) >= 11 is 0. The van der Waals surface area contributed by atoms with Crippen molar-refractivity contribution in [2.75, 3.05) is 13.6 Å². The summed E-state index contributed by atoms with van der Waals surface area (Å²) in [5, 5.41) is 9.35. The first-order chi connectivity index (χ1) is 9.06. The molecule has 2 rings (SSSR count). The fraction of sp³-hybridized carbons (Fsp3) is 0.733. The molecule has 4 nitrogen and oxygen atoms in total. The molecule has 106 valence electrons. The molecule has 0 saturated heterocycles. The van der Waals surface area contributed by atoms with Gasteiger partial charge < -0.3 is 10.0 Å². The molecule has 1 fully saturated rings. The van der Waals surface area contributed by atoms with Crippen molar-refractivity contribution in [1.82, 2.24) is 4.90 Å². The predicted octanol–water partition coefficient (Wildman–Crippen LogP) is 2.16. The Morgan fingerprint density at radius 3 is 2.42 bits per heavy atom. The number of aliphatic carboxylic acids is 1. The summed E-state index contributed by atoms with van der Waals surface area (Å²) in [5.41, 5.74) is 0. The van der Waals surface area contributed by atoms with Gasteiger partial charge in [0.25, 0.3) is 0 Å². The Labute approximate surface area is 114 Å². The number of rotatable bonds is 6. The standard InChI is InChI=1S/C15H23NO3/c1-3-4-5-8-16(2)14(17)12-10-6-7-11(9-10)13(12)15(18)19/h6-7,10-13H,3-5,8-9H2,1-2H3,(H,18,19). The molecule has 1 saturated carbocycles. The number of amides is 1. The Hall–Kier alpha value is -1.32. The minimum atomic E-state index is -0.822. The van der Waals surface area contributed by atoms with Crippen molar-refractivity contribution in [3.05, 3.63) is 12.2 Å². The smallest absolute Gasteiger partial charge is 0.307 e. The molecule has 1 N–H and O–H groups in total. The van der Waals surface area contributed by atoms with Crippen LogP contribution in [0.25, 0.3) is 0 Å². The van der Waals surface area contributed by atoms with Crippen LogP contribution in [0, 0.1) is 23.7 Å². The summed E-state index contributed by atoms with van der Waals surface area (Å²) in [7, 11) is 1.80. The fourth-order valence-corrected chi connectivity index (χ4v) is 3.46. The summed E-state index contributed by atoms with van der Waals surface area (Å²) in [4.78, 5) is 25.6. The molecule has 1 amide bonds. The second-order valence-electron chi connectivity index (χ2n) is 5.81. The summed E-state index contributed by atoms with van der Waals surface area (Å²) in [6.45, 7) is 2.86. The SMILES string of the molecule is CCCCCN(C)C(=O)C1C2C=CC(C2)C1C(=O)O. The first kappa shape index (κ1) is 14.1. The number of nitrogens with zero attached hydrogens (tertiary/aromatic N) is 1. The van der Waals surface area contributed by atoms with Gasteiger partial charge in [0.05, 0.1) is 11.8 Å². The Morgan fingerprint density at radius 2 is 1.84 bits per heavy atom. The summed E-state index contributed by atoms with van der Waals surface area (Å²) in [5.74, 6) is -1.49. The maximum Gasteiger partial charge on any atom is 0.307 e. The van der Waals surface area contributed by atoms with Crippen LogP contribution in [-0.2, 0) is 9.59 Å². The number of carbonyl (C=O) groups is 2. The largest absolute Gasteiger partial charge is 0.481 e. The molecule has 2 aliphatic rings. The average Bonchev–Trinajstić information content (AvgIpc) is 2.97. The van der Waals surface area contributed by atoms with Gasteiger partial charge in [-0.25, -0.2) is 0 Å². The maximum absolute atomic E-state index is 12.5. The van der Waals surface area contributed by atoms with Crippen molar-refractivity contribution >= 4 is 11.9 Å². The van der Waals surface area contributed by atoms with Crippen LogP contribution in [0.1, 0.15) is 32.6 Å². The van der Waals surface area contributed by atoms with E-state index in [0.29, 0.717) is 0 Å². The zero-order valence-corrected chi connectivity index (χ0v) is 11.7. The third-order valence-electron chi connectivity index (χ3n) is 4.50. The number of carbonyl (C=O) groups excluding carboxylic acids is 1. The Kier molecular flexibility index (Phi) is 4.27.